The van der Waals surface area contributed by atoms with Crippen LogP contribution in [0.4, 0.5) is 5.95 Å². The van der Waals surface area contributed by atoms with Gasteiger partial charge in [0, 0.05) is 21.9 Å². The quantitative estimate of drug-likeness (QED) is 0.440. The van der Waals surface area contributed by atoms with Crippen molar-refractivity contribution in [2.75, 3.05) is 5.32 Å². The number of carbonyl (C=O) groups excluding carboxylic acids is 1. The van der Waals surface area contributed by atoms with Gasteiger partial charge in [-0.1, -0.05) is 42.0 Å². The Balaban J connectivity index is 1.49. The van der Waals surface area contributed by atoms with E-state index in [9.17, 15) is 4.79 Å². The second-order valence-corrected chi connectivity index (χ2v) is 7.91. The van der Waals surface area contributed by atoms with Gasteiger partial charge in [-0.05, 0) is 32.4 Å². The van der Waals surface area contributed by atoms with Crippen LogP contribution in [-0.4, -0.2) is 20.5 Å². The van der Waals surface area contributed by atoms with E-state index in [1.165, 1.54) is 22.5 Å². The van der Waals surface area contributed by atoms with Gasteiger partial charge >= 0.3 is 0 Å². The third kappa shape index (κ3) is 2.91. The van der Waals surface area contributed by atoms with Gasteiger partial charge in [0.2, 0.25) is 4.96 Å². The van der Waals surface area contributed by atoms with E-state index < -0.39 is 0 Å². The average Bonchev–Trinajstić information content (AvgIpc) is 3.35. The molecule has 7 heteroatoms. The fraction of sp³-hybridized carbons (Fsp3) is 0.136. The van der Waals surface area contributed by atoms with Crippen LogP contribution in [0.15, 0.2) is 52.3 Å². The van der Waals surface area contributed by atoms with Crippen LogP contribution in [0.5, 0.6) is 0 Å². The Morgan fingerprint density at radius 2 is 1.97 bits per heavy atom. The molecule has 0 aliphatic carbocycles. The third-order valence-corrected chi connectivity index (χ3v) is 5.83. The highest BCUT2D eigenvalue weighted by Gasteiger charge is 2.20. The van der Waals surface area contributed by atoms with Gasteiger partial charge in [0.25, 0.3) is 11.9 Å². The summed E-state index contributed by atoms with van der Waals surface area (Å²) in [6, 6.07) is 13.9. The minimum Gasteiger partial charge on any atom is -0.451 e. The standard InChI is InChI=1S/C22H18N4O2S/c1-12-8-9-15(13(2)10-12)17-11-29-22-24-21(25-26(17)22)23-20(27)19-14(3)16-6-4-5-7-18(16)28-19/h4-11H,1-3H3,(H,23,25,27). The number of aryl methyl sites for hydroxylation is 3. The molecule has 3 aromatic heterocycles. The molecule has 0 aliphatic heterocycles. The first kappa shape index (κ1) is 17.6. The van der Waals surface area contributed by atoms with Gasteiger partial charge in [-0.3, -0.25) is 10.1 Å². The van der Waals surface area contributed by atoms with Crippen molar-refractivity contribution in [3.8, 4) is 11.3 Å². The van der Waals surface area contributed by atoms with E-state index in [1.54, 1.807) is 4.52 Å². The van der Waals surface area contributed by atoms with E-state index in [2.05, 4.69) is 47.4 Å². The first-order valence-electron chi connectivity index (χ1n) is 9.22. The predicted octanol–water partition coefficient (Wildman–Crippen LogP) is 5.38. The Labute approximate surface area is 170 Å². The SMILES string of the molecule is Cc1ccc(-c2csc3nc(NC(=O)c4oc5ccccc5c4C)nn23)c(C)c1. The number of hydrogen-bond donors (Lipinski definition) is 1. The summed E-state index contributed by atoms with van der Waals surface area (Å²) in [7, 11) is 0. The maximum atomic E-state index is 12.8. The lowest BCUT2D eigenvalue weighted by Crippen LogP contribution is -2.13. The molecule has 0 radical (unpaired) electrons. The van der Waals surface area contributed by atoms with Crippen molar-refractivity contribution in [2.24, 2.45) is 0 Å². The maximum Gasteiger partial charge on any atom is 0.294 e. The molecule has 0 saturated heterocycles. The zero-order chi connectivity index (χ0) is 20.1. The van der Waals surface area contributed by atoms with Crippen molar-refractivity contribution >= 4 is 39.1 Å². The van der Waals surface area contributed by atoms with Gasteiger partial charge in [-0.15, -0.1) is 16.4 Å². The van der Waals surface area contributed by atoms with Gasteiger partial charge in [-0.2, -0.15) is 4.98 Å². The minimum atomic E-state index is -0.356. The smallest absolute Gasteiger partial charge is 0.294 e. The zero-order valence-corrected chi connectivity index (χ0v) is 17.0. The zero-order valence-electron chi connectivity index (χ0n) is 16.2. The Hall–Kier alpha value is -3.45. The molecule has 0 spiro atoms. The van der Waals surface area contributed by atoms with Crippen molar-refractivity contribution < 1.29 is 9.21 Å². The molecule has 29 heavy (non-hydrogen) atoms. The Bertz CT molecular complexity index is 1390. The largest absolute Gasteiger partial charge is 0.451 e. The molecule has 1 N–H and O–H groups in total. The second kappa shape index (κ2) is 6.56. The molecule has 0 unspecified atom stereocenters. The van der Waals surface area contributed by atoms with Crippen molar-refractivity contribution in [1.82, 2.24) is 14.6 Å². The molecule has 5 aromatic rings. The Morgan fingerprint density at radius 1 is 1.14 bits per heavy atom. The molecular formula is C22H18N4O2S. The molecule has 2 aromatic carbocycles. The molecule has 0 atom stereocenters. The summed E-state index contributed by atoms with van der Waals surface area (Å²) in [5.41, 5.74) is 5.92. The number of benzene rings is 2. The number of rotatable bonds is 3. The second-order valence-electron chi connectivity index (χ2n) is 7.08. The lowest BCUT2D eigenvalue weighted by Gasteiger charge is -2.05. The van der Waals surface area contributed by atoms with E-state index >= 15 is 0 Å². The van der Waals surface area contributed by atoms with E-state index in [-0.39, 0.29) is 17.6 Å². The highest BCUT2D eigenvalue weighted by Crippen LogP contribution is 2.29. The van der Waals surface area contributed by atoms with Crippen LogP contribution in [0, 0.1) is 20.8 Å². The monoisotopic (exact) mass is 402 g/mol. The highest BCUT2D eigenvalue weighted by molar-refractivity contribution is 7.15. The van der Waals surface area contributed by atoms with Crippen LogP contribution in [0.1, 0.15) is 27.2 Å². The van der Waals surface area contributed by atoms with Gasteiger partial charge in [0.1, 0.15) is 5.58 Å². The van der Waals surface area contributed by atoms with Gasteiger partial charge in [0.15, 0.2) is 5.76 Å². The van der Waals surface area contributed by atoms with Gasteiger partial charge in [0.05, 0.1) is 5.69 Å². The fourth-order valence-electron chi connectivity index (χ4n) is 3.57. The third-order valence-electron chi connectivity index (χ3n) is 5.01. The molecule has 144 valence electrons. The Morgan fingerprint density at radius 3 is 2.76 bits per heavy atom. The first-order valence-corrected chi connectivity index (χ1v) is 10.1. The van der Waals surface area contributed by atoms with E-state index in [0.29, 0.717) is 5.58 Å². The highest BCUT2D eigenvalue weighted by atomic mass is 32.1. The van der Waals surface area contributed by atoms with Crippen LogP contribution in [-0.2, 0) is 0 Å². The molecule has 1 amide bonds. The summed E-state index contributed by atoms with van der Waals surface area (Å²) < 4.78 is 7.50. The summed E-state index contributed by atoms with van der Waals surface area (Å²) in [4.78, 5) is 17.9. The van der Waals surface area contributed by atoms with Crippen molar-refractivity contribution in [1.29, 1.82) is 0 Å². The van der Waals surface area contributed by atoms with E-state index in [4.69, 9.17) is 4.42 Å². The Kier molecular flexibility index (Phi) is 3.99. The number of para-hydroxylation sites is 1. The molecule has 3 heterocycles. The number of furan rings is 1. The summed E-state index contributed by atoms with van der Waals surface area (Å²) in [6.45, 7) is 6.02. The topological polar surface area (TPSA) is 72.4 Å². The number of amides is 1. The summed E-state index contributed by atoms with van der Waals surface area (Å²) >= 11 is 1.49. The van der Waals surface area contributed by atoms with Gasteiger partial charge in [-0.25, -0.2) is 4.52 Å². The summed E-state index contributed by atoms with van der Waals surface area (Å²) in [6.07, 6.45) is 0. The molecule has 5 rings (SSSR count). The number of nitrogens with one attached hydrogen (secondary N) is 1. The fourth-order valence-corrected chi connectivity index (χ4v) is 4.39. The van der Waals surface area contributed by atoms with Crippen LogP contribution in [0.3, 0.4) is 0 Å². The van der Waals surface area contributed by atoms with Crippen LogP contribution in [0.25, 0.3) is 27.2 Å². The molecule has 0 aliphatic rings. The van der Waals surface area contributed by atoms with Crippen LogP contribution >= 0.6 is 11.3 Å². The van der Waals surface area contributed by atoms with Crippen molar-refractivity contribution in [3.63, 3.8) is 0 Å². The number of aromatic nitrogens is 3. The lowest BCUT2D eigenvalue weighted by atomic mass is 10.0. The van der Waals surface area contributed by atoms with E-state index in [0.717, 1.165) is 27.2 Å². The molecule has 0 fully saturated rings. The number of thiazole rings is 1. The number of anilines is 1. The lowest BCUT2D eigenvalue weighted by molar-refractivity contribution is 0.0997. The molecule has 0 saturated carbocycles. The number of fused-ring (bicyclic) bond motifs is 2. The summed E-state index contributed by atoms with van der Waals surface area (Å²) in [5.74, 6) is 0.177. The number of hydrogen-bond acceptors (Lipinski definition) is 5. The van der Waals surface area contributed by atoms with Crippen molar-refractivity contribution in [3.05, 3.63) is 70.3 Å². The molecule has 0 bridgehead atoms. The van der Waals surface area contributed by atoms with E-state index in [1.807, 2.05) is 36.6 Å². The maximum absolute atomic E-state index is 12.8. The summed E-state index contributed by atoms with van der Waals surface area (Å²) in [5, 5.41) is 10.2. The normalized spacial score (nSPS) is 11.4. The average molecular weight is 402 g/mol. The number of nitrogens with zero attached hydrogens (tertiary/aromatic N) is 3. The van der Waals surface area contributed by atoms with Crippen molar-refractivity contribution in [2.45, 2.75) is 20.8 Å². The van der Waals surface area contributed by atoms with Crippen LogP contribution in [0.2, 0.25) is 0 Å². The number of carbonyl (C=O) groups is 1. The minimum absolute atomic E-state index is 0.257. The first-order chi connectivity index (χ1) is 14.0. The predicted molar refractivity (Wildman–Crippen MR) is 115 cm³/mol. The molecular weight excluding hydrogens is 384 g/mol. The van der Waals surface area contributed by atoms with Crippen LogP contribution < -0.4 is 5.32 Å². The van der Waals surface area contributed by atoms with Gasteiger partial charge < -0.3 is 4.42 Å². The molecule has 6 nitrogen and oxygen atoms in total.